The molecule has 0 saturated carbocycles. The lowest BCUT2D eigenvalue weighted by Crippen LogP contribution is -2.36. The van der Waals surface area contributed by atoms with Crippen molar-refractivity contribution in [2.75, 3.05) is 56.3 Å². The molecule has 2 heterocycles. The molecule has 5 rings (SSSR count). The van der Waals surface area contributed by atoms with Crippen molar-refractivity contribution in [1.82, 2.24) is 5.16 Å². The van der Waals surface area contributed by atoms with Crippen molar-refractivity contribution < 1.29 is 18.8 Å². The van der Waals surface area contributed by atoms with Crippen LogP contribution < -0.4 is 10.2 Å². The van der Waals surface area contributed by atoms with Crippen LogP contribution in [0.2, 0.25) is 0 Å². The molecular weight excluding hydrogens is 382 g/mol. The van der Waals surface area contributed by atoms with E-state index in [1.54, 1.807) is 0 Å². The number of morpholine rings is 1. The Hall–Kier alpha value is -2.90. The van der Waals surface area contributed by atoms with Gasteiger partial charge in [-0.3, -0.25) is 4.79 Å². The Morgan fingerprint density at radius 1 is 1.20 bits per heavy atom. The van der Waals surface area contributed by atoms with Crippen LogP contribution in [0.1, 0.15) is 29.3 Å². The number of nitrogens with one attached hydrogen (secondary N) is 1. The van der Waals surface area contributed by atoms with Crippen molar-refractivity contribution in [3.8, 4) is 11.3 Å². The molecule has 1 aliphatic carbocycles. The highest BCUT2D eigenvalue weighted by molar-refractivity contribution is 6.28. The molecule has 0 bridgehead atoms. The second kappa shape index (κ2) is 8.08. The minimum absolute atomic E-state index is 0.00661. The van der Waals surface area contributed by atoms with Crippen LogP contribution in [0.3, 0.4) is 0 Å². The molecule has 7 heteroatoms. The number of carbonyl (C=O) groups is 1. The van der Waals surface area contributed by atoms with Gasteiger partial charge in [0.2, 0.25) is 0 Å². The van der Waals surface area contributed by atoms with E-state index in [-0.39, 0.29) is 5.78 Å². The van der Waals surface area contributed by atoms with Crippen LogP contribution in [-0.2, 0) is 9.47 Å². The predicted octanol–water partition coefficient (Wildman–Crippen LogP) is 3.71. The first-order valence-corrected chi connectivity index (χ1v) is 10.5. The summed E-state index contributed by atoms with van der Waals surface area (Å²) in [5.74, 6) is 0.676. The van der Waals surface area contributed by atoms with Gasteiger partial charge in [0.05, 0.1) is 29.9 Å². The molecule has 1 N–H and O–H groups in total. The van der Waals surface area contributed by atoms with Crippen molar-refractivity contribution in [2.24, 2.45) is 0 Å². The highest BCUT2D eigenvalue weighted by Gasteiger charge is 2.33. The molecule has 1 saturated heterocycles. The maximum Gasteiger partial charge on any atom is 0.196 e. The van der Waals surface area contributed by atoms with Crippen LogP contribution in [0.4, 0.5) is 11.4 Å². The van der Waals surface area contributed by atoms with Gasteiger partial charge in [-0.2, -0.15) is 0 Å². The smallest absolute Gasteiger partial charge is 0.196 e. The standard InChI is InChI=1S/C23H25N3O4/c1-2-28-11-5-8-24-17-14-18(26-9-12-29-13-10-26)21-20-19(17)22(27)15-6-3-4-7-16(15)23(20)30-25-21/h3-4,6-7,14,24H,2,5,8-13H2,1H3. The third-order valence-electron chi connectivity index (χ3n) is 5.72. The van der Waals surface area contributed by atoms with Gasteiger partial charge in [0.25, 0.3) is 0 Å². The van der Waals surface area contributed by atoms with Crippen LogP contribution in [0.15, 0.2) is 34.9 Å². The zero-order valence-corrected chi connectivity index (χ0v) is 17.1. The summed E-state index contributed by atoms with van der Waals surface area (Å²) in [7, 11) is 0. The molecule has 3 aromatic rings. The molecule has 30 heavy (non-hydrogen) atoms. The molecule has 156 valence electrons. The summed E-state index contributed by atoms with van der Waals surface area (Å²) >= 11 is 0. The first-order valence-electron chi connectivity index (χ1n) is 10.5. The summed E-state index contributed by atoms with van der Waals surface area (Å²) in [4.78, 5) is 15.7. The molecule has 0 atom stereocenters. The van der Waals surface area contributed by atoms with Gasteiger partial charge in [0.1, 0.15) is 5.52 Å². The van der Waals surface area contributed by atoms with Crippen LogP contribution in [0, 0.1) is 0 Å². The minimum Gasteiger partial charge on any atom is -0.384 e. The van der Waals surface area contributed by atoms with Crippen molar-refractivity contribution in [2.45, 2.75) is 13.3 Å². The second-order valence-electron chi connectivity index (χ2n) is 7.50. The molecule has 2 aromatic carbocycles. The van der Waals surface area contributed by atoms with E-state index >= 15 is 0 Å². The predicted molar refractivity (Wildman–Crippen MR) is 116 cm³/mol. The Morgan fingerprint density at radius 2 is 2.00 bits per heavy atom. The van der Waals surface area contributed by atoms with Crippen LogP contribution in [0.25, 0.3) is 22.2 Å². The van der Waals surface area contributed by atoms with Gasteiger partial charge in [-0.25, -0.2) is 0 Å². The van der Waals surface area contributed by atoms with Gasteiger partial charge in [0.15, 0.2) is 11.5 Å². The zero-order chi connectivity index (χ0) is 20.5. The number of hydrogen-bond donors (Lipinski definition) is 1. The number of fused-ring (bicyclic) bond motifs is 2. The van der Waals surface area contributed by atoms with Crippen LogP contribution >= 0.6 is 0 Å². The average molecular weight is 407 g/mol. The molecular formula is C23H25N3O4. The summed E-state index contributed by atoms with van der Waals surface area (Å²) in [5, 5.41) is 8.68. The largest absolute Gasteiger partial charge is 0.384 e. The van der Waals surface area contributed by atoms with E-state index in [1.165, 1.54) is 0 Å². The fourth-order valence-corrected chi connectivity index (χ4v) is 4.27. The third-order valence-corrected chi connectivity index (χ3v) is 5.72. The average Bonchev–Trinajstić information content (AvgIpc) is 3.23. The molecule has 0 radical (unpaired) electrons. The lowest BCUT2D eigenvalue weighted by molar-refractivity contribution is 0.104. The van der Waals surface area contributed by atoms with Crippen molar-refractivity contribution >= 4 is 28.1 Å². The number of hydrogen-bond acceptors (Lipinski definition) is 7. The van der Waals surface area contributed by atoms with Gasteiger partial charge in [-0.15, -0.1) is 0 Å². The molecule has 1 fully saturated rings. The minimum atomic E-state index is 0.00661. The van der Waals surface area contributed by atoms with Gasteiger partial charge in [-0.1, -0.05) is 29.4 Å². The fourth-order valence-electron chi connectivity index (χ4n) is 4.27. The van der Waals surface area contributed by atoms with Crippen LogP contribution in [-0.4, -0.2) is 57.0 Å². The van der Waals surface area contributed by atoms with Crippen molar-refractivity contribution in [3.63, 3.8) is 0 Å². The van der Waals surface area contributed by atoms with E-state index in [0.29, 0.717) is 43.3 Å². The fraction of sp³-hybridized carbons (Fsp3) is 0.391. The summed E-state index contributed by atoms with van der Waals surface area (Å²) in [6.45, 7) is 7.01. The molecule has 0 spiro atoms. The van der Waals surface area contributed by atoms with Gasteiger partial charge in [0, 0.05) is 49.7 Å². The van der Waals surface area contributed by atoms with E-state index < -0.39 is 0 Å². The van der Waals surface area contributed by atoms with E-state index in [1.807, 2.05) is 37.3 Å². The van der Waals surface area contributed by atoms with Gasteiger partial charge >= 0.3 is 0 Å². The number of carbonyl (C=O) groups excluding carboxylic acids is 1. The summed E-state index contributed by atoms with van der Waals surface area (Å²) in [6.07, 6.45) is 0.861. The van der Waals surface area contributed by atoms with Gasteiger partial charge in [-0.05, 0) is 19.4 Å². The molecule has 0 unspecified atom stereocenters. The summed E-state index contributed by atoms with van der Waals surface area (Å²) in [5.41, 5.74) is 4.65. The Bertz CT molecular complexity index is 1090. The van der Waals surface area contributed by atoms with E-state index in [0.717, 1.165) is 53.9 Å². The highest BCUT2D eigenvalue weighted by Crippen LogP contribution is 2.45. The van der Waals surface area contributed by atoms with Crippen LogP contribution in [0.5, 0.6) is 0 Å². The Kier molecular flexibility index (Phi) is 5.14. The normalized spacial score (nSPS) is 15.5. The monoisotopic (exact) mass is 407 g/mol. The summed E-state index contributed by atoms with van der Waals surface area (Å²) < 4.78 is 16.8. The number of nitrogens with zero attached hydrogens (tertiary/aromatic N) is 2. The number of rotatable bonds is 7. The van der Waals surface area contributed by atoms with E-state index in [2.05, 4.69) is 15.4 Å². The van der Waals surface area contributed by atoms with E-state index in [4.69, 9.17) is 14.0 Å². The molecule has 2 aliphatic rings. The Balaban J connectivity index is 1.63. The SMILES string of the molecule is CCOCCCNc1cc(N2CCOCC2)c2noc3c2c1C(=O)c1ccccc1-3. The van der Waals surface area contributed by atoms with Crippen molar-refractivity contribution in [3.05, 3.63) is 41.5 Å². The quantitative estimate of drug-likeness (QED) is 0.468. The van der Waals surface area contributed by atoms with Gasteiger partial charge < -0.3 is 24.2 Å². The molecule has 1 aliphatic heterocycles. The zero-order valence-electron chi connectivity index (χ0n) is 17.1. The lowest BCUT2D eigenvalue weighted by Gasteiger charge is -2.30. The lowest BCUT2D eigenvalue weighted by atomic mass is 9.86. The second-order valence-corrected chi connectivity index (χ2v) is 7.50. The highest BCUT2D eigenvalue weighted by atomic mass is 16.5. The Labute approximate surface area is 174 Å². The molecule has 1 aromatic heterocycles. The topological polar surface area (TPSA) is 76.8 Å². The summed E-state index contributed by atoms with van der Waals surface area (Å²) in [6, 6.07) is 9.62. The molecule has 7 nitrogen and oxygen atoms in total. The number of aromatic nitrogens is 1. The Morgan fingerprint density at radius 3 is 2.80 bits per heavy atom. The number of ether oxygens (including phenoxy) is 2. The first kappa shape index (κ1) is 19.1. The molecule has 0 amide bonds. The van der Waals surface area contributed by atoms with E-state index in [9.17, 15) is 4.79 Å². The number of anilines is 2. The maximum absolute atomic E-state index is 13.5. The van der Waals surface area contributed by atoms with Crippen molar-refractivity contribution in [1.29, 1.82) is 0 Å². The first-order chi connectivity index (χ1) is 14.8. The maximum atomic E-state index is 13.5. The number of benzene rings is 2. The third kappa shape index (κ3) is 3.14. The number of ketones is 1.